The first kappa shape index (κ1) is 37.2. The van der Waals surface area contributed by atoms with Crippen LogP contribution in [0.25, 0.3) is 0 Å². The van der Waals surface area contributed by atoms with Gasteiger partial charge in [-0.25, -0.2) is 0 Å². The minimum absolute atomic E-state index is 0.111. The van der Waals surface area contributed by atoms with E-state index in [4.69, 9.17) is 23.7 Å². The number of rotatable bonds is 5. The van der Waals surface area contributed by atoms with Gasteiger partial charge in [0.15, 0.2) is 12.6 Å². The van der Waals surface area contributed by atoms with Crippen LogP contribution < -0.4 is 5.32 Å². The van der Waals surface area contributed by atoms with E-state index in [1.165, 1.54) is 31.3 Å². The Morgan fingerprint density at radius 2 is 1.59 bits per heavy atom. The predicted molar refractivity (Wildman–Crippen MR) is 184 cm³/mol. The van der Waals surface area contributed by atoms with Crippen LogP contribution in [0, 0.1) is 46.3 Å². The molecule has 3 saturated carbocycles. The molecule has 7 N–H and O–H groups in total. The number of nitrogens with one attached hydrogen (secondary N) is 1. The van der Waals surface area contributed by atoms with Crippen LogP contribution in [-0.2, 0) is 23.7 Å². The van der Waals surface area contributed by atoms with Gasteiger partial charge in [-0.1, -0.05) is 39.3 Å². The molecule has 21 unspecified atom stereocenters. The van der Waals surface area contributed by atoms with Crippen LogP contribution >= 0.6 is 0 Å². The molecule has 0 radical (unpaired) electrons. The summed E-state index contributed by atoms with van der Waals surface area (Å²) in [5.74, 6) is 3.80. The maximum absolute atomic E-state index is 11.1. The van der Waals surface area contributed by atoms with Crippen LogP contribution in [0.5, 0.6) is 0 Å². The zero-order valence-electron chi connectivity index (χ0n) is 31.0. The molecular formula is C39H63NO11. The molecule has 21 atom stereocenters. The molecule has 0 bridgehead atoms. The summed E-state index contributed by atoms with van der Waals surface area (Å²) in [6.07, 6.45) is -0.798. The van der Waals surface area contributed by atoms with Crippen molar-refractivity contribution in [3.63, 3.8) is 0 Å². The van der Waals surface area contributed by atoms with E-state index in [1.54, 1.807) is 6.92 Å². The van der Waals surface area contributed by atoms with Crippen LogP contribution in [0.4, 0.5) is 0 Å². The molecule has 12 nitrogen and oxygen atoms in total. The topological polar surface area (TPSA) is 180 Å². The Balaban J connectivity index is 0.902. The summed E-state index contributed by atoms with van der Waals surface area (Å²) in [6, 6.07) is 0. The first-order chi connectivity index (χ1) is 24.2. The van der Waals surface area contributed by atoms with Crippen molar-refractivity contribution >= 4 is 0 Å². The molecule has 4 aliphatic heterocycles. The van der Waals surface area contributed by atoms with Crippen molar-refractivity contribution < 1.29 is 54.3 Å². The van der Waals surface area contributed by atoms with Crippen molar-refractivity contribution in [1.82, 2.24) is 5.32 Å². The molecule has 12 heteroatoms. The second-order valence-corrected chi connectivity index (χ2v) is 18.4. The van der Waals surface area contributed by atoms with Crippen LogP contribution in [0.15, 0.2) is 11.6 Å². The molecule has 8 rings (SSSR count). The molecule has 8 aliphatic rings. The highest BCUT2D eigenvalue weighted by Crippen LogP contribution is 2.70. The van der Waals surface area contributed by atoms with Gasteiger partial charge in [-0.15, -0.1) is 0 Å². The van der Waals surface area contributed by atoms with Crippen LogP contribution in [0.1, 0.15) is 92.4 Å². The summed E-state index contributed by atoms with van der Waals surface area (Å²) >= 11 is 0. The summed E-state index contributed by atoms with van der Waals surface area (Å²) in [4.78, 5) is 0. The highest BCUT2D eigenvalue weighted by atomic mass is 16.7. The van der Waals surface area contributed by atoms with Gasteiger partial charge in [-0.05, 0) is 105 Å². The molecule has 4 heterocycles. The molecule has 51 heavy (non-hydrogen) atoms. The van der Waals surface area contributed by atoms with E-state index in [2.05, 4.69) is 39.1 Å². The Morgan fingerprint density at radius 1 is 0.843 bits per heavy atom. The minimum atomic E-state index is -1.63. The van der Waals surface area contributed by atoms with Crippen molar-refractivity contribution in [3.8, 4) is 0 Å². The monoisotopic (exact) mass is 721 g/mol. The molecule has 0 aromatic carbocycles. The minimum Gasteiger partial charge on any atom is -0.394 e. The summed E-state index contributed by atoms with van der Waals surface area (Å²) in [5.41, 5.74) is 1.73. The second kappa shape index (κ2) is 13.5. The molecule has 4 saturated heterocycles. The van der Waals surface area contributed by atoms with Crippen molar-refractivity contribution in [2.24, 2.45) is 46.3 Å². The largest absolute Gasteiger partial charge is 0.394 e. The molecule has 7 fully saturated rings. The number of allylic oxidation sites excluding steroid dienone is 1. The average molecular weight is 722 g/mol. The fraction of sp³-hybridized carbons (Fsp3) is 0.949. The normalized spacial score (nSPS) is 58.4. The number of piperidine rings is 1. The van der Waals surface area contributed by atoms with Crippen LogP contribution in [0.2, 0.25) is 0 Å². The van der Waals surface area contributed by atoms with Crippen molar-refractivity contribution in [2.75, 3.05) is 13.2 Å². The first-order valence-electron chi connectivity index (χ1n) is 20.0. The van der Waals surface area contributed by atoms with E-state index >= 15 is 0 Å². The van der Waals surface area contributed by atoms with E-state index in [0.29, 0.717) is 47.0 Å². The van der Waals surface area contributed by atoms with Crippen molar-refractivity contribution in [2.45, 2.75) is 172 Å². The third-order valence-corrected chi connectivity index (χ3v) is 15.8. The number of aliphatic hydroxyl groups is 6. The van der Waals surface area contributed by atoms with Gasteiger partial charge in [0, 0.05) is 12.5 Å². The van der Waals surface area contributed by atoms with Crippen molar-refractivity contribution in [3.05, 3.63) is 11.6 Å². The lowest BCUT2D eigenvalue weighted by Gasteiger charge is -2.59. The van der Waals surface area contributed by atoms with Crippen molar-refractivity contribution in [1.29, 1.82) is 0 Å². The quantitative estimate of drug-likeness (QED) is 0.206. The molecule has 0 aromatic rings. The van der Waals surface area contributed by atoms with Gasteiger partial charge in [0.25, 0.3) is 0 Å². The second-order valence-electron chi connectivity index (χ2n) is 18.4. The predicted octanol–water partition coefficient (Wildman–Crippen LogP) is 1.96. The van der Waals surface area contributed by atoms with Gasteiger partial charge in [0.05, 0.1) is 24.9 Å². The Morgan fingerprint density at radius 3 is 2.31 bits per heavy atom. The fourth-order valence-corrected chi connectivity index (χ4v) is 12.8. The van der Waals surface area contributed by atoms with E-state index in [9.17, 15) is 30.6 Å². The lowest BCUT2D eigenvalue weighted by Crippen LogP contribution is -2.64. The first-order valence-corrected chi connectivity index (χ1v) is 20.0. The molecule has 0 amide bonds. The molecule has 290 valence electrons. The fourth-order valence-electron chi connectivity index (χ4n) is 12.8. The third-order valence-electron chi connectivity index (χ3n) is 15.8. The number of hydrogen-bond acceptors (Lipinski definition) is 12. The Kier molecular flexibility index (Phi) is 9.83. The van der Waals surface area contributed by atoms with E-state index < -0.39 is 68.0 Å². The van der Waals surface area contributed by atoms with Gasteiger partial charge in [0.2, 0.25) is 0 Å². The van der Waals surface area contributed by atoms with E-state index in [1.807, 2.05) is 0 Å². The average Bonchev–Trinajstić information content (AvgIpc) is 3.55. The van der Waals surface area contributed by atoms with Crippen LogP contribution in [0.3, 0.4) is 0 Å². The summed E-state index contributed by atoms with van der Waals surface area (Å²) in [7, 11) is 0. The SMILES string of the molecule is CC1CCC2(NC1)OC1CC3C4CC=C5CC(OC6OC(C)C(OC7OC(CO)C(O)C(O)C7O)C(O)C6O)CCC5(C)C4CCC3(C)C1C2C. The Labute approximate surface area is 302 Å². The van der Waals surface area contributed by atoms with Gasteiger partial charge < -0.3 is 54.3 Å². The van der Waals surface area contributed by atoms with Crippen LogP contribution in [-0.4, -0.2) is 123 Å². The smallest absolute Gasteiger partial charge is 0.187 e. The standard InChI is InChI=1S/C39H63NO11/c1-18-8-13-39(40-16-18)19(2)28-26(51-39)15-25-23-7-6-21-14-22(9-11-37(21,4)24(23)10-12-38(25,28)5)48-35-33(46)31(44)34(20(3)47-35)50-36-32(45)30(43)29(42)27(17-41)49-36/h6,18-20,22-36,40-46H,7-17H2,1-5H3. The third kappa shape index (κ3) is 5.84. The summed E-state index contributed by atoms with van der Waals surface area (Å²) < 4.78 is 30.8. The number of ether oxygens (including phenoxy) is 5. The number of hydrogen-bond donors (Lipinski definition) is 7. The van der Waals surface area contributed by atoms with E-state index in [-0.39, 0.29) is 17.2 Å². The highest BCUT2D eigenvalue weighted by Gasteiger charge is 2.68. The summed E-state index contributed by atoms with van der Waals surface area (Å²) in [6.45, 7) is 12.0. The number of fused-ring (bicyclic) bond motifs is 7. The Hall–Kier alpha value is -0.740. The summed E-state index contributed by atoms with van der Waals surface area (Å²) in [5, 5.41) is 66.4. The molecule has 0 aromatic heterocycles. The maximum Gasteiger partial charge on any atom is 0.187 e. The van der Waals surface area contributed by atoms with Gasteiger partial charge in [0.1, 0.15) is 48.5 Å². The maximum atomic E-state index is 11.1. The lowest BCUT2D eigenvalue weighted by atomic mass is 9.47. The zero-order chi connectivity index (χ0) is 36.2. The lowest BCUT2D eigenvalue weighted by molar-refractivity contribution is -0.359. The number of aliphatic hydroxyl groups excluding tert-OH is 6. The molecular weight excluding hydrogens is 658 g/mol. The molecule has 4 aliphatic carbocycles. The van der Waals surface area contributed by atoms with E-state index in [0.717, 1.165) is 38.6 Å². The van der Waals surface area contributed by atoms with Gasteiger partial charge >= 0.3 is 0 Å². The molecule has 1 spiro atoms. The zero-order valence-corrected chi connectivity index (χ0v) is 31.0. The van der Waals surface area contributed by atoms with Gasteiger partial charge in [-0.3, -0.25) is 5.32 Å². The Bertz CT molecular complexity index is 1310. The highest BCUT2D eigenvalue weighted by molar-refractivity contribution is 5.26. The van der Waals surface area contributed by atoms with Gasteiger partial charge in [-0.2, -0.15) is 0 Å².